The molecule has 3 aromatic rings. The van der Waals surface area contributed by atoms with Crippen LogP contribution < -0.4 is 16.0 Å². The summed E-state index contributed by atoms with van der Waals surface area (Å²) in [6.07, 6.45) is 4.56. The second kappa shape index (κ2) is 10.2. The predicted octanol–water partition coefficient (Wildman–Crippen LogP) is 2.93. The number of pyridine rings is 1. The lowest BCUT2D eigenvalue weighted by Crippen LogP contribution is -2.41. The Hall–Kier alpha value is -3.82. The molecule has 1 aliphatic heterocycles. The molecule has 0 bridgehead atoms. The number of primary amides is 1. The number of halogens is 1. The fourth-order valence-corrected chi connectivity index (χ4v) is 3.76. The molecule has 1 fully saturated rings. The Bertz CT molecular complexity index is 1100. The summed E-state index contributed by atoms with van der Waals surface area (Å²) < 4.78 is 18.2. The molecule has 0 radical (unpaired) electrons. The van der Waals surface area contributed by atoms with E-state index in [0.717, 1.165) is 25.2 Å². The van der Waals surface area contributed by atoms with Crippen LogP contribution in [0, 0.1) is 11.7 Å². The molecule has 2 amide bonds. The Balaban J connectivity index is 1.23. The van der Waals surface area contributed by atoms with Crippen LogP contribution in [0.5, 0.6) is 0 Å². The van der Waals surface area contributed by atoms with E-state index in [2.05, 4.69) is 20.4 Å². The molecular formula is C23H25FN6O3. The lowest BCUT2D eigenvalue weighted by atomic mass is 9.97. The van der Waals surface area contributed by atoms with Gasteiger partial charge in [0, 0.05) is 31.5 Å². The standard InChI is InChI=1S/C23H25FN6O3/c24-17-8-6-15(7-9-17)23-28-21(33-29-23)5-1-4-20(31)27-18-10-11-19(26-13-18)30-12-2-3-16(14-30)22(25)32/h6-11,13,16H,1-5,12,14H2,(H2,25,32)(H,27,31). The van der Waals surface area contributed by atoms with E-state index in [4.69, 9.17) is 10.3 Å². The molecule has 9 nitrogen and oxygen atoms in total. The maximum Gasteiger partial charge on any atom is 0.226 e. The van der Waals surface area contributed by atoms with Crippen LogP contribution in [0.2, 0.25) is 0 Å². The van der Waals surface area contributed by atoms with E-state index in [1.807, 2.05) is 11.0 Å². The summed E-state index contributed by atoms with van der Waals surface area (Å²) >= 11 is 0. The van der Waals surface area contributed by atoms with Crippen molar-refractivity contribution in [2.75, 3.05) is 23.3 Å². The molecule has 172 valence electrons. The molecule has 2 aromatic heterocycles. The molecule has 3 N–H and O–H groups in total. The first kappa shape index (κ1) is 22.4. The Kier molecular flexibility index (Phi) is 6.92. The zero-order valence-electron chi connectivity index (χ0n) is 18.0. The molecule has 1 aliphatic rings. The summed E-state index contributed by atoms with van der Waals surface area (Å²) in [5.41, 5.74) is 6.70. The number of hydrogen-bond acceptors (Lipinski definition) is 7. The van der Waals surface area contributed by atoms with Crippen molar-refractivity contribution in [2.24, 2.45) is 11.7 Å². The fourth-order valence-electron chi connectivity index (χ4n) is 3.76. The largest absolute Gasteiger partial charge is 0.369 e. The summed E-state index contributed by atoms with van der Waals surface area (Å²) in [6.45, 7) is 1.38. The number of hydrogen-bond donors (Lipinski definition) is 2. The number of anilines is 2. The van der Waals surface area contributed by atoms with Crippen molar-refractivity contribution < 1.29 is 18.5 Å². The molecule has 0 aliphatic carbocycles. The van der Waals surface area contributed by atoms with Crippen molar-refractivity contribution in [1.29, 1.82) is 0 Å². The zero-order chi connectivity index (χ0) is 23.2. The van der Waals surface area contributed by atoms with Gasteiger partial charge in [-0.1, -0.05) is 5.16 Å². The number of carbonyl (C=O) groups excluding carboxylic acids is 2. The number of nitrogens with zero attached hydrogens (tertiary/aromatic N) is 4. The molecule has 1 unspecified atom stereocenters. The van der Waals surface area contributed by atoms with Crippen molar-refractivity contribution in [3.8, 4) is 11.4 Å². The molecule has 1 aromatic carbocycles. The smallest absolute Gasteiger partial charge is 0.226 e. The SMILES string of the molecule is NC(=O)C1CCCN(c2ccc(NC(=O)CCCc3nc(-c4ccc(F)cc4)no3)cn2)C1. The van der Waals surface area contributed by atoms with Gasteiger partial charge in [0.05, 0.1) is 17.8 Å². The lowest BCUT2D eigenvalue weighted by molar-refractivity contribution is -0.122. The Morgan fingerprint density at radius 1 is 1.21 bits per heavy atom. The molecule has 4 rings (SSSR count). The van der Waals surface area contributed by atoms with Crippen molar-refractivity contribution in [3.05, 3.63) is 54.3 Å². The van der Waals surface area contributed by atoms with Gasteiger partial charge in [-0.3, -0.25) is 9.59 Å². The topological polar surface area (TPSA) is 127 Å². The van der Waals surface area contributed by atoms with E-state index < -0.39 is 0 Å². The molecule has 1 atom stereocenters. The van der Waals surface area contributed by atoms with E-state index in [0.29, 0.717) is 42.4 Å². The number of piperidine rings is 1. The van der Waals surface area contributed by atoms with Crippen LogP contribution in [0.15, 0.2) is 47.1 Å². The molecule has 0 spiro atoms. The maximum atomic E-state index is 13.0. The first-order chi connectivity index (χ1) is 16.0. The highest BCUT2D eigenvalue weighted by atomic mass is 19.1. The number of nitrogens with two attached hydrogens (primary N) is 1. The highest BCUT2D eigenvalue weighted by Crippen LogP contribution is 2.22. The van der Waals surface area contributed by atoms with Crippen LogP contribution in [-0.2, 0) is 16.0 Å². The molecule has 0 saturated carbocycles. The predicted molar refractivity (Wildman–Crippen MR) is 120 cm³/mol. The van der Waals surface area contributed by atoms with E-state index in [1.165, 1.54) is 12.1 Å². The second-order valence-corrected chi connectivity index (χ2v) is 8.01. The van der Waals surface area contributed by atoms with Crippen LogP contribution in [0.25, 0.3) is 11.4 Å². The average Bonchev–Trinajstić information content (AvgIpc) is 3.29. The number of rotatable bonds is 8. The van der Waals surface area contributed by atoms with Gasteiger partial charge >= 0.3 is 0 Å². The second-order valence-electron chi connectivity index (χ2n) is 8.01. The third kappa shape index (κ3) is 5.91. The van der Waals surface area contributed by atoms with Gasteiger partial charge in [-0.15, -0.1) is 0 Å². The quantitative estimate of drug-likeness (QED) is 0.538. The average molecular weight is 452 g/mol. The Labute approximate surface area is 190 Å². The van der Waals surface area contributed by atoms with Crippen LogP contribution in [0.1, 0.15) is 31.6 Å². The maximum absolute atomic E-state index is 13.0. The Morgan fingerprint density at radius 3 is 2.76 bits per heavy atom. The normalized spacial score (nSPS) is 15.9. The van der Waals surface area contributed by atoms with Crippen molar-refractivity contribution in [3.63, 3.8) is 0 Å². The third-order valence-corrected chi connectivity index (χ3v) is 5.54. The summed E-state index contributed by atoms with van der Waals surface area (Å²) in [5.74, 6) is 0.644. The van der Waals surface area contributed by atoms with Crippen molar-refractivity contribution >= 4 is 23.3 Å². The van der Waals surface area contributed by atoms with E-state index >= 15 is 0 Å². The van der Waals surface area contributed by atoms with E-state index in [-0.39, 0.29) is 30.0 Å². The van der Waals surface area contributed by atoms with Gasteiger partial charge in [0.15, 0.2) is 0 Å². The third-order valence-electron chi connectivity index (χ3n) is 5.54. The summed E-state index contributed by atoms with van der Waals surface area (Å²) in [5, 5.41) is 6.72. The molecule has 3 heterocycles. The van der Waals surface area contributed by atoms with Gasteiger partial charge in [-0.05, 0) is 55.7 Å². The van der Waals surface area contributed by atoms with Crippen molar-refractivity contribution in [1.82, 2.24) is 15.1 Å². The monoisotopic (exact) mass is 452 g/mol. The minimum Gasteiger partial charge on any atom is -0.369 e. The summed E-state index contributed by atoms with van der Waals surface area (Å²) in [4.78, 5) is 34.5. The number of amides is 2. The molecule has 1 saturated heterocycles. The van der Waals surface area contributed by atoms with Gasteiger partial charge in [-0.25, -0.2) is 9.37 Å². The molecule has 33 heavy (non-hydrogen) atoms. The lowest BCUT2D eigenvalue weighted by Gasteiger charge is -2.32. The van der Waals surface area contributed by atoms with Crippen LogP contribution >= 0.6 is 0 Å². The number of aryl methyl sites for hydroxylation is 1. The fraction of sp³-hybridized carbons (Fsp3) is 0.348. The van der Waals surface area contributed by atoms with Crippen LogP contribution in [0.3, 0.4) is 0 Å². The molecular weight excluding hydrogens is 427 g/mol. The van der Waals surface area contributed by atoms with Gasteiger partial charge in [0.1, 0.15) is 11.6 Å². The first-order valence-electron chi connectivity index (χ1n) is 10.9. The first-order valence-corrected chi connectivity index (χ1v) is 10.9. The van der Waals surface area contributed by atoms with Gasteiger partial charge in [0.2, 0.25) is 23.5 Å². The summed E-state index contributed by atoms with van der Waals surface area (Å²) in [7, 11) is 0. The number of aromatic nitrogens is 3. The highest BCUT2D eigenvalue weighted by Gasteiger charge is 2.24. The zero-order valence-corrected chi connectivity index (χ0v) is 18.0. The van der Waals surface area contributed by atoms with Gasteiger partial charge < -0.3 is 20.5 Å². The minimum atomic E-state index is -0.332. The van der Waals surface area contributed by atoms with Crippen LogP contribution in [-0.4, -0.2) is 40.0 Å². The summed E-state index contributed by atoms with van der Waals surface area (Å²) in [6, 6.07) is 9.45. The highest BCUT2D eigenvalue weighted by molar-refractivity contribution is 5.90. The molecule has 10 heteroatoms. The van der Waals surface area contributed by atoms with E-state index in [1.54, 1.807) is 24.4 Å². The Morgan fingerprint density at radius 2 is 2.03 bits per heavy atom. The number of nitrogens with one attached hydrogen (secondary N) is 1. The number of benzene rings is 1. The van der Waals surface area contributed by atoms with Crippen LogP contribution in [0.4, 0.5) is 15.9 Å². The van der Waals surface area contributed by atoms with E-state index in [9.17, 15) is 14.0 Å². The van der Waals surface area contributed by atoms with Gasteiger partial charge in [0.25, 0.3) is 0 Å². The number of carbonyl (C=O) groups is 2. The van der Waals surface area contributed by atoms with Gasteiger partial charge in [-0.2, -0.15) is 4.98 Å². The minimum absolute atomic E-state index is 0.144. The van der Waals surface area contributed by atoms with Crippen molar-refractivity contribution in [2.45, 2.75) is 32.1 Å².